The van der Waals surface area contributed by atoms with Crippen LogP contribution in [0.2, 0.25) is 0 Å². The van der Waals surface area contributed by atoms with Gasteiger partial charge in [0, 0.05) is 11.8 Å². The number of para-hydroxylation sites is 1. The molecule has 28 heavy (non-hydrogen) atoms. The van der Waals surface area contributed by atoms with Crippen LogP contribution in [0.25, 0.3) is 0 Å². The van der Waals surface area contributed by atoms with Gasteiger partial charge in [-0.2, -0.15) is 0 Å². The molecule has 0 aliphatic rings. The van der Waals surface area contributed by atoms with Gasteiger partial charge < -0.3 is 19.5 Å². The summed E-state index contributed by atoms with van der Waals surface area (Å²) < 4.78 is 15.8. The van der Waals surface area contributed by atoms with Gasteiger partial charge in [-0.3, -0.25) is 4.79 Å². The standard InChI is InChI=1S/C22H19NO5/c1-26-20-9-5-6-17(14-20)23-21(24)15-27-22(25)16-10-12-19(13-11-16)28-18-7-3-2-4-8-18/h2-14H,15H2,1H3,(H,23,24). The second-order valence-corrected chi connectivity index (χ2v) is 5.80. The molecular weight excluding hydrogens is 358 g/mol. The first-order valence-electron chi connectivity index (χ1n) is 8.58. The fraction of sp³-hybridized carbons (Fsp3) is 0.0909. The molecular formula is C22H19NO5. The predicted molar refractivity (Wildman–Crippen MR) is 105 cm³/mol. The second-order valence-electron chi connectivity index (χ2n) is 5.80. The van der Waals surface area contributed by atoms with Crippen molar-refractivity contribution in [2.24, 2.45) is 0 Å². The zero-order chi connectivity index (χ0) is 19.8. The van der Waals surface area contributed by atoms with E-state index in [2.05, 4.69) is 5.32 Å². The molecule has 0 atom stereocenters. The van der Waals surface area contributed by atoms with Crippen molar-refractivity contribution in [3.05, 3.63) is 84.4 Å². The van der Waals surface area contributed by atoms with Gasteiger partial charge in [0.25, 0.3) is 5.91 Å². The summed E-state index contributed by atoms with van der Waals surface area (Å²) in [5.41, 5.74) is 0.886. The molecule has 0 saturated heterocycles. The average molecular weight is 377 g/mol. The van der Waals surface area contributed by atoms with Crippen LogP contribution in [0.5, 0.6) is 17.2 Å². The van der Waals surface area contributed by atoms with Crippen molar-refractivity contribution >= 4 is 17.6 Å². The van der Waals surface area contributed by atoms with Gasteiger partial charge in [0.2, 0.25) is 0 Å². The van der Waals surface area contributed by atoms with E-state index in [4.69, 9.17) is 14.2 Å². The number of carbonyl (C=O) groups is 2. The largest absolute Gasteiger partial charge is 0.497 e. The summed E-state index contributed by atoms with van der Waals surface area (Å²) in [6.07, 6.45) is 0. The molecule has 0 bridgehead atoms. The zero-order valence-electron chi connectivity index (χ0n) is 15.3. The molecule has 1 N–H and O–H groups in total. The zero-order valence-corrected chi connectivity index (χ0v) is 15.3. The van der Waals surface area contributed by atoms with Gasteiger partial charge in [-0.15, -0.1) is 0 Å². The molecule has 0 aliphatic carbocycles. The lowest BCUT2D eigenvalue weighted by Gasteiger charge is -2.09. The molecule has 0 unspecified atom stereocenters. The third-order valence-corrected chi connectivity index (χ3v) is 3.76. The van der Waals surface area contributed by atoms with E-state index in [1.807, 2.05) is 30.3 Å². The number of hydrogen-bond donors (Lipinski definition) is 1. The quantitative estimate of drug-likeness (QED) is 0.622. The highest BCUT2D eigenvalue weighted by molar-refractivity contribution is 5.95. The minimum atomic E-state index is -0.591. The lowest BCUT2D eigenvalue weighted by molar-refractivity contribution is -0.119. The summed E-state index contributed by atoms with van der Waals surface area (Å²) in [7, 11) is 1.54. The summed E-state index contributed by atoms with van der Waals surface area (Å²) in [6.45, 7) is -0.391. The van der Waals surface area contributed by atoms with E-state index in [0.29, 0.717) is 28.5 Å². The van der Waals surface area contributed by atoms with Gasteiger partial charge in [0.15, 0.2) is 6.61 Å². The Bertz CT molecular complexity index is 939. The van der Waals surface area contributed by atoms with Crippen LogP contribution in [0.4, 0.5) is 5.69 Å². The lowest BCUT2D eigenvalue weighted by atomic mass is 10.2. The molecule has 6 heteroatoms. The Kier molecular flexibility index (Phi) is 6.25. The van der Waals surface area contributed by atoms with Crippen LogP contribution in [0, 0.1) is 0 Å². The van der Waals surface area contributed by atoms with Crippen LogP contribution in [-0.2, 0) is 9.53 Å². The average Bonchev–Trinajstić information content (AvgIpc) is 2.73. The molecule has 3 aromatic rings. The highest BCUT2D eigenvalue weighted by atomic mass is 16.5. The molecule has 0 heterocycles. The fourth-order valence-electron chi connectivity index (χ4n) is 2.40. The van der Waals surface area contributed by atoms with Crippen LogP contribution < -0.4 is 14.8 Å². The third kappa shape index (κ3) is 5.35. The number of nitrogens with one attached hydrogen (secondary N) is 1. The first-order valence-corrected chi connectivity index (χ1v) is 8.58. The van der Waals surface area contributed by atoms with Crippen LogP contribution in [-0.4, -0.2) is 25.6 Å². The Morgan fingerprint density at radius 2 is 1.50 bits per heavy atom. The van der Waals surface area contributed by atoms with Gasteiger partial charge >= 0.3 is 5.97 Å². The molecule has 0 spiro atoms. The Morgan fingerprint density at radius 1 is 0.821 bits per heavy atom. The fourth-order valence-corrected chi connectivity index (χ4v) is 2.40. The maximum Gasteiger partial charge on any atom is 0.338 e. The van der Waals surface area contributed by atoms with E-state index in [1.54, 1.807) is 55.6 Å². The number of amides is 1. The van der Waals surface area contributed by atoms with Crippen molar-refractivity contribution in [1.82, 2.24) is 0 Å². The molecule has 6 nitrogen and oxygen atoms in total. The maximum atomic E-state index is 12.1. The Balaban J connectivity index is 1.50. The summed E-state index contributed by atoms with van der Waals surface area (Å²) in [5.74, 6) is 0.885. The minimum Gasteiger partial charge on any atom is -0.497 e. The van der Waals surface area contributed by atoms with E-state index in [1.165, 1.54) is 0 Å². The maximum absolute atomic E-state index is 12.1. The smallest absolute Gasteiger partial charge is 0.338 e. The minimum absolute atomic E-state index is 0.328. The highest BCUT2D eigenvalue weighted by Crippen LogP contribution is 2.21. The van der Waals surface area contributed by atoms with Crippen molar-refractivity contribution in [2.75, 3.05) is 19.0 Å². The summed E-state index contributed by atoms with van der Waals surface area (Å²) in [5, 5.41) is 2.64. The highest BCUT2D eigenvalue weighted by Gasteiger charge is 2.11. The number of hydrogen-bond acceptors (Lipinski definition) is 5. The lowest BCUT2D eigenvalue weighted by Crippen LogP contribution is -2.20. The second kappa shape index (κ2) is 9.23. The Hall–Kier alpha value is -3.80. The van der Waals surface area contributed by atoms with E-state index < -0.39 is 18.5 Å². The summed E-state index contributed by atoms with van der Waals surface area (Å²) in [4.78, 5) is 24.1. The number of carbonyl (C=O) groups excluding carboxylic acids is 2. The third-order valence-electron chi connectivity index (χ3n) is 3.76. The van der Waals surface area contributed by atoms with E-state index in [9.17, 15) is 9.59 Å². The molecule has 0 fully saturated rings. The number of methoxy groups -OCH3 is 1. The SMILES string of the molecule is COc1cccc(NC(=O)COC(=O)c2ccc(Oc3ccccc3)cc2)c1. The van der Waals surface area contributed by atoms with Crippen molar-refractivity contribution in [3.63, 3.8) is 0 Å². The number of benzene rings is 3. The molecule has 0 aliphatic heterocycles. The van der Waals surface area contributed by atoms with Crippen molar-refractivity contribution in [3.8, 4) is 17.2 Å². The van der Waals surface area contributed by atoms with Gasteiger partial charge in [-0.1, -0.05) is 24.3 Å². The molecule has 3 aromatic carbocycles. The van der Waals surface area contributed by atoms with E-state index >= 15 is 0 Å². The molecule has 0 radical (unpaired) electrons. The van der Waals surface area contributed by atoms with Crippen molar-refractivity contribution in [2.45, 2.75) is 0 Å². The predicted octanol–water partition coefficient (Wildman–Crippen LogP) is 4.28. The first kappa shape index (κ1) is 19.0. The van der Waals surface area contributed by atoms with Gasteiger partial charge in [0.1, 0.15) is 17.2 Å². The topological polar surface area (TPSA) is 73.9 Å². The normalized spacial score (nSPS) is 10.0. The first-order chi connectivity index (χ1) is 13.6. The monoisotopic (exact) mass is 377 g/mol. The summed E-state index contributed by atoms with van der Waals surface area (Å²) in [6, 6.07) is 22.7. The number of rotatable bonds is 7. The Labute approximate surface area is 162 Å². The van der Waals surface area contributed by atoms with Crippen molar-refractivity contribution in [1.29, 1.82) is 0 Å². The number of esters is 1. The Morgan fingerprint density at radius 3 is 2.21 bits per heavy atom. The van der Waals surface area contributed by atoms with Crippen LogP contribution in [0.3, 0.4) is 0 Å². The van der Waals surface area contributed by atoms with E-state index in [0.717, 1.165) is 0 Å². The molecule has 0 aromatic heterocycles. The van der Waals surface area contributed by atoms with Crippen LogP contribution in [0.1, 0.15) is 10.4 Å². The van der Waals surface area contributed by atoms with Crippen LogP contribution >= 0.6 is 0 Å². The summed E-state index contributed by atoms with van der Waals surface area (Å²) >= 11 is 0. The molecule has 1 amide bonds. The number of anilines is 1. The molecule has 142 valence electrons. The molecule has 3 rings (SSSR count). The van der Waals surface area contributed by atoms with Crippen molar-refractivity contribution < 1.29 is 23.8 Å². The van der Waals surface area contributed by atoms with Gasteiger partial charge in [0.05, 0.1) is 12.7 Å². The van der Waals surface area contributed by atoms with Gasteiger partial charge in [-0.05, 0) is 48.5 Å². The van der Waals surface area contributed by atoms with Crippen LogP contribution in [0.15, 0.2) is 78.9 Å². The molecule has 0 saturated carbocycles. The van der Waals surface area contributed by atoms with Gasteiger partial charge in [-0.25, -0.2) is 4.79 Å². The number of ether oxygens (including phenoxy) is 3. The van der Waals surface area contributed by atoms with E-state index in [-0.39, 0.29) is 0 Å².